The van der Waals surface area contributed by atoms with E-state index in [9.17, 15) is 4.39 Å². The van der Waals surface area contributed by atoms with E-state index in [0.29, 0.717) is 11.5 Å². The standard InChI is InChI=1S/C16H13ClFN5/c17-12-7-4-8-13(18)14(12)11-9-20-16(22-15(11)23-19)21-10-5-2-1-3-6-10/h1-9H,19H2,(H2,20,21,22,23). The van der Waals surface area contributed by atoms with E-state index in [1.165, 1.54) is 18.3 Å². The molecule has 0 aliphatic carbocycles. The molecule has 0 amide bonds. The monoisotopic (exact) mass is 329 g/mol. The van der Waals surface area contributed by atoms with E-state index in [1.54, 1.807) is 6.07 Å². The van der Waals surface area contributed by atoms with E-state index in [4.69, 9.17) is 17.4 Å². The van der Waals surface area contributed by atoms with Crippen LogP contribution >= 0.6 is 11.6 Å². The number of nitrogens with zero attached hydrogens (tertiary/aromatic N) is 2. The van der Waals surface area contributed by atoms with Crippen LogP contribution in [0.5, 0.6) is 0 Å². The summed E-state index contributed by atoms with van der Waals surface area (Å²) < 4.78 is 14.1. The van der Waals surface area contributed by atoms with E-state index in [0.717, 1.165) is 5.69 Å². The Morgan fingerprint density at radius 1 is 1.04 bits per heavy atom. The number of nitrogens with two attached hydrogens (primary N) is 1. The molecule has 0 unspecified atom stereocenters. The van der Waals surface area contributed by atoms with Gasteiger partial charge in [-0.25, -0.2) is 15.2 Å². The number of anilines is 3. The van der Waals surface area contributed by atoms with Gasteiger partial charge in [0.1, 0.15) is 5.82 Å². The Morgan fingerprint density at radius 3 is 2.52 bits per heavy atom. The smallest absolute Gasteiger partial charge is 0.229 e. The van der Waals surface area contributed by atoms with Gasteiger partial charge in [0, 0.05) is 23.0 Å². The molecule has 0 atom stereocenters. The molecule has 0 radical (unpaired) electrons. The molecule has 0 aliphatic rings. The van der Waals surface area contributed by atoms with Gasteiger partial charge in [0.15, 0.2) is 5.82 Å². The average Bonchev–Trinajstić information content (AvgIpc) is 2.56. The summed E-state index contributed by atoms with van der Waals surface area (Å²) in [5.74, 6) is 5.65. The van der Waals surface area contributed by atoms with Gasteiger partial charge >= 0.3 is 0 Å². The molecule has 1 aromatic heterocycles. The molecule has 7 heteroatoms. The van der Waals surface area contributed by atoms with E-state index < -0.39 is 5.82 Å². The van der Waals surface area contributed by atoms with Gasteiger partial charge in [0.25, 0.3) is 0 Å². The summed E-state index contributed by atoms with van der Waals surface area (Å²) in [6, 6.07) is 13.9. The van der Waals surface area contributed by atoms with Crippen molar-refractivity contribution in [1.82, 2.24) is 9.97 Å². The van der Waals surface area contributed by atoms with Crippen LogP contribution in [0.4, 0.5) is 21.8 Å². The molecule has 3 rings (SSSR count). The van der Waals surface area contributed by atoms with Crippen LogP contribution in [0, 0.1) is 5.82 Å². The lowest BCUT2D eigenvalue weighted by Crippen LogP contribution is -2.12. The Balaban J connectivity index is 2.01. The van der Waals surface area contributed by atoms with Crippen LogP contribution < -0.4 is 16.6 Å². The fraction of sp³-hybridized carbons (Fsp3) is 0. The molecule has 4 N–H and O–H groups in total. The molecular formula is C16H13ClFN5. The molecule has 0 spiro atoms. The largest absolute Gasteiger partial charge is 0.324 e. The lowest BCUT2D eigenvalue weighted by molar-refractivity contribution is 0.631. The second kappa shape index (κ2) is 6.60. The van der Waals surface area contributed by atoms with Crippen LogP contribution in [0.1, 0.15) is 0 Å². The zero-order valence-corrected chi connectivity index (χ0v) is 12.7. The van der Waals surface area contributed by atoms with Gasteiger partial charge in [-0.15, -0.1) is 0 Å². The van der Waals surface area contributed by atoms with Crippen LogP contribution in [-0.4, -0.2) is 9.97 Å². The highest BCUT2D eigenvalue weighted by molar-refractivity contribution is 6.33. The molecule has 116 valence electrons. The van der Waals surface area contributed by atoms with E-state index >= 15 is 0 Å². The zero-order chi connectivity index (χ0) is 16.2. The first-order valence-electron chi connectivity index (χ1n) is 6.79. The molecule has 0 bridgehead atoms. The van der Waals surface area contributed by atoms with Crippen molar-refractivity contribution in [1.29, 1.82) is 0 Å². The van der Waals surface area contributed by atoms with Gasteiger partial charge in [-0.05, 0) is 24.3 Å². The van der Waals surface area contributed by atoms with Gasteiger partial charge in [-0.2, -0.15) is 4.98 Å². The quantitative estimate of drug-likeness (QED) is 0.499. The number of nitrogens with one attached hydrogen (secondary N) is 2. The third-order valence-corrected chi connectivity index (χ3v) is 3.50. The third-order valence-electron chi connectivity index (χ3n) is 3.19. The first kappa shape index (κ1) is 15.2. The zero-order valence-electron chi connectivity index (χ0n) is 11.9. The van der Waals surface area contributed by atoms with Crippen LogP contribution in [-0.2, 0) is 0 Å². The molecular weight excluding hydrogens is 317 g/mol. The Hall–Kier alpha value is -2.70. The molecule has 2 aromatic carbocycles. The molecule has 5 nitrogen and oxygen atoms in total. The maximum Gasteiger partial charge on any atom is 0.229 e. The lowest BCUT2D eigenvalue weighted by Gasteiger charge is -2.12. The van der Waals surface area contributed by atoms with E-state index in [-0.39, 0.29) is 16.4 Å². The van der Waals surface area contributed by atoms with Crippen molar-refractivity contribution in [2.45, 2.75) is 0 Å². The van der Waals surface area contributed by atoms with Crippen LogP contribution in [0.15, 0.2) is 54.7 Å². The highest BCUT2D eigenvalue weighted by Crippen LogP contribution is 2.34. The number of para-hydroxylation sites is 1. The Bertz CT molecular complexity index is 806. The highest BCUT2D eigenvalue weighted by atomic mass is 35.5. The number of hydrogen-bond donors (Lipinski definition) is 3. The second-order valence-electron chi connectivity index (χ2n) is 4.69. The minimum atomic E-state index is -0.471. The van der Waals surface area contributed by atoms with Gasteiger partial charge in [0.2, 0.25) is 5.95 Å². The number of hydrazine groups is 1. The van der Waals surface area contributed by atoms with Gasteiger partial charge in [-0.1, -0.05) is 35.9 Å². The van der Waals surface area contributed by atoms with Gasteiger partial charge < -0.3 is 10.7 Å². The molecule has 0 saturated heterocycles. The third kappa shape index (κ3) is 3.23. The fourth-order valence-corrected chi connectivity index (χ4v) is 2.41. The molecule has 1 heterocycles. The number of rotatable bonds is 4. The first-order valence-corrected chi connectivity index (χ1v) is 7.17. The summed E-state index contributed by atoms with van der Waals surface area (Å²) in [5.41, 5.74) is 3.87. The molecule has 0 fully saturated rings. The lowest BCUT2D eigenvalue weighted by atomic mass is 10.1. The van der Waals surface area contributed by atoms with E-state index in [1.807, 2.05) is 30.3 Å². The summed E-state index contributed by atoms with van der Waals surface area (Å²) in [4.78, 5) is 8.46. The summed E-state index contributed by atoms with van der Waals surface area (Å²) in [7, 11) is 0. The van der Waals surface area contributed by atoms with Crippen LogP contribution in [0.2, 0.25) is 5.02 Å². The second-order valence-corrected chi connectivity index (χ2v) is 5.10. The summed E-state index contributed by atoms with van der Waals surface area (Å²) in [6.07, 6.45) is 1.47. The number of hydrogen-bond acceptors (Lipinski definition) is 5. The Kier molecular flexibility index (Phi) is 4.36. The molecule has 3 aromatic rings. The Labute approximate surface area is 137 Å². The fourth-order valence-electron chi connectivity index (χ4n) is 2.14. The van der Waals surface area contributed by atoms with E-state index in [2.05, 4.69) is 20.7 Å². The topological polar surface area (TPSA) is 75.9 Å². The number of aromatic nitrogens is 2. The van der Waals surface area contributed by atoms with Crippen molar-refractivity contribution in [3.63, 3.8) is 0 Å². The summed E-state index contributed by atoms with van der Waals surface area (Å²) in [5, 5.41) is 3.30. The van der Waals surface area contributed by atoms with Crippen LogP contribution in [0.25, 0.3) is 11.1 Å². The van der Waals surface area contributed by atoms with Crippen molar-refractivity contribution in [3.05, 3.63) is 65.6 Å². The maximum atomic E-state index is 14.1. The SMILES string of the molecule is NNc1nc(Nc2ccccc2)ncc1-c1c(F)cccc1Cl. The van der Waals surface area contributed by atoms with Gasteiger partial charge in [-0.3, -0.25) is 0 Å². The predicted molar refractivity (Wildman–Crippen MR) is 90.0 cm³/mol. The number of halogens is 2. The van der Waals surface area contributed by atoms with Crippen molar-refractivity contribution in [3.8, 4) is 11.1 Å². The van der Waals surface area contributed by atoms with Crippen molar-refractivity contribution in [2.75, 3.05) is 10.7 Å². The molecule has 23 heavy (non-hydrogen) atoms. The molecule has 0 aliphatic heterocycles. The predicted octanol–water partition coefficient (Wildman–Crippen LogP) is 3.97. The normalized spacial score (nSPS) is 10.4. The average molecular weight is 330 g/mol. The maximum absolute atomic E-state index is 14.1. The Morgan fingerprint density at radius 2 is 1.83 bits per heavy atom. The first-order chi connectivity index (χ1) is 11.2. The highest BCUT2D eigenvalue weighted by Gasteiger charge is 2.15. The van der Waals surface area contributed by atoms with Crippen LogP contribution in [0.3, 0.4) is 0 Å². The van der Waals surface area contributed by atoms with Gasteiger partial charge in [0.05, 0.1) is 5.02 Å². The number of benzene rings is 2. The van der Waals surface area contributed by atoms with Crippen molar-refractivity contribution in [2.24, 2.45) is 5.84 Å². The number of nitrogen functional groups attached to an aromatic ring is 1. The van der Waals surface area contributed by atoms with Crippen molar-refractivity contribution >= 4 is 29.1 Å². The summed E-state index contributed by atoms with van der Waals surface area (Å²) >= 11 is 6.08. The minimum absolute atomic E-state index is 0.202. The summed E-state index contributed by atoms with van der Waals surface area (Å²) in [6.45, 7) is 0. The van der Waals surface area contributed by atoms with Crippen molar-refractivity contribution < 1.29 is 4.39 Å². The molecule has 0 saturated carbocycles. The minimum Gasteiger partial charge on any atom is -0.324 e.